The maximum Gasteiger partial charge on any atom is 0.410 e. The molecule has 7 saturated heterocycles. The number of fused-ring (bicyclic) bond motifs is 6. The van der Waals surface area contributed by atoms with E-state index in [4.69, 9.17) is 95.0 Å². The lowest BCUT2D eigenvalue weighted by Crippen LogP contribution is -2.57. The summed E-state index contributed by atoms with van der Waals surface area (Å²) in [5, 5.41) is 1.63. The van der Waals surface area contributed by atoms with Crippen molar-refractivity contribution in [3.8, 4) is 58.4 Å². The Kier molecular flexibility index (Phi) is 20.3. The van der Waals surface area contributed by atoms with Gasteiger partial charge < -0.3 is 57.0 Å². The van der Waals surface area contributed by atoms with Crippen LogP contribution in [0.25, 0.3) is 55.4 Å². The first kappa shape index (κ1) is 69.0. The lowest BCUT2D eigenvalue weighted by molar-refractivity contribution is -0.202. The highest BCUT2D eigenvalue weighted by Gasteiger charge is 2.51. The van der Waals surface area contributed by atoms with Gasteiger partial charge in [-0.05, 0) is 151 Å². The highest BCUT2D eigenvalue weighted by molar-refractivity contribution is 6.76. The molecule has 0 N–H and O–H groups in total. The largest absolute Gasteiger partial charge is 0.492 e. The smallest absolute Gasteiger partial charge is 0.410 e. The van der Waals surface area contributed by atoms with E-state index in [1.807, 2.05) is 60.6 Å². The molecule has 7 aliphatic rings. The summed E-state index contributed by atoms with van der Waals surface area (Å²) in [5.74, 6) is 2.59. The Morgan fingerprint density at radius 2 is 1.58 bits per heavy atom. The van der Waals surface area contributed by atoms with Gasteiger partial charge in [-0.3, -0.25) is 24.3 Å². The first-order valence-electron chi connectivity index (χ1n) is 34.9. The van der Waals surface area contributed by atoms with E-state index in [1.54, 1.807) is 24.4 Å². The van der Waals surface area contributed by atoms with Gasteiger partial charge in [0.2, 0.25) is 0 Å². The number of amides is 1. The maximum absolute atomic E-state index is 17.7. The van der Waals surface area contributed by atoms with Crippen molar-refractivity contribution in [1.29, 1.82) is 0 Å². The van der Waals surface area contributed by atoms with E-state index in [9.17, 15) is 4.79 Å². The SMILES string of the molecule is C#Cc1c(F)ccc2cc(OCOC)cc(-c3ncc4c(N5CC6CCC(C5)N6C(=O)OC(C)(C)C)nc(OCCN5CC[C@@]6(CCCN(CCOc7ccc(-c8nc9c(cc8Cl)nc(O[C@@H]8CO[C@H]%10[C@@H]8OC[C@H]%10OC8CCCCO8)n9COCC[Si](C)(C)C)cc7)C6)C5)nc4c3F)c12. The van der Waals surface area contributed by atoms with E-state index in [2.05, 4.69) is 40.3 Å². The molecule has 8 atom stereocenters. The number of aromatic nitrogens is 6. The number of rotatable bonds is 23. The van der Waals surface area contributed by atoms with E-state index >= 15 is 8.78 Å². The molecule has 0 radical (unpaired) electrons. The number of terminal acetylenes is 1. The Morgan fingerprint density at radius 3 is 2.31 bits per heavy atom. The van der Waals surface area contributed by atoms with Gasteiger partial charge in [-0.15, -0.1) is 6.42 Å². The molecule has 1 amide bonds. The van der Waals surface area contributed by atoms with Gasteiger partial charge in [-0.2, -0.15) is 15.0 Å². The third-order valence-electron chi connectivity index (χ3n) is 20.1. The molecular weight excluding hydrogens is 1310 g/mol. The fourth-order valence-electron chi connectivity index (χ4n) is 15.2. The summed E-state index contributed by atoms with van der Waals surface area (Å²) < 4.78 is 103. The molecule has 0 aliphatic carbocycles. The number of carbonyl (C=O) groups excluding carboxylic acids is 1. The minimum absolute atomic E-state index is 0.000624. The lowest BCUT2D eigenvalue weighted by atomic mass is 9.79. The zero-order valence-electron chi connectivity index (χ0n) is 57.6. The van der Waals surface area contributed by atoms with Crippen LogP contribution in [0.5, 0.6) is 23.5 Å². The molecule has 22 nitrogen and oxygen atoms in total. The normalized spacial score (nSPS) is 24.4. The van der Waals surface area contributed by atoms with Crippen LogP contribution in [-0.4, -0.2) is 213 Å². The first-order valence-corrected chi connectivity index (χ1v) is 38.9. The third kappa shape index (κ3) is 15.1. The standard InChI is InChI=1S/C73H89ClF2N10O12Si/c1-9-51-55(75)21-16-46-33-50(95-44-88-5)34-52(60(46)51)63-61(76)64-53(36-77-63)67(84-37-47-17-18-48(38-84)86(47)71(87)98-72(2,3)4)81-69(80-64)92-30-27-83-25-23-73(42-83)22-12-24-82(41-73)26-29-90-49-19-14-45(15-20-49)62-54(74)35-56-68(79-62)85(43-89-31-32-99(6,7)8)70(78-56)97-58-40-94-65-57(39-93-66(58)65)96-59-13-10-11-28-91-59/h1,14-16,19-21,33-36,47-48,57-59,65-66H,10-13,17-18,22-32,37-44H2,2-8H3/t47?,48?,57-,58-,59?,65-,66-,73-/m1/s1. The summed E-state index contributed by atoms with van der Waals surface area (Å²) >= 11 is 7.04. The van der Waals surface area contributed by atoms with Gasteiger partial charge >= 0.3 is 18.1 Å². The summed E-state index contributed by atoms with van der Waals surface area (Å²) in [7, 11) is 0.122. The molecule has 1 spiro atoms. The van der Waals surface area contributed by atoms with Crippen molar-refractivity contribution < 1.29 is 65.7 Å². The molecule has 0 saturated carbocycles. The van der Waals surface area contributed by atoms with Crippen molar-refractivity contribution in [1.82, 2.24) is 44.2 Å². The van der Waals surface area contributed by atoms with Gasteiger partial charge in [0.25, 0.3) is 0 Å². The minimum Gasteiger partial charge on any atom is -0.492 e. The van der Waals surface area contributed by atoms with Crippen molar-refractivity contribution in [2.24, 2.45) is 5.41 Å². The fraction of sp³-hybridized carbons (Fsp3) is 0.562. The number of imidazole rings is 1. The van der Waals surface area contributed by atoms with Gasteiger partial charge in [-0.1, -0.05) is 43.2 Å². The zero-order chi connectivity index (χ0) is 68.7. The van der Waals surface area contributed by atoms with Crippen LogP contribution < -0.4 is 23.8 Å². The second kappa shape index (κ2) is 29.1. The number of halogens is 3. The minimum atomic E-state index is -1.37. The fourth-order valence-corrected chi connectivity index (χ4v) is 16.2. The number of pyridine rings is 2. The summed E-state index contributed by atoms with van der Waals surface area (Å²) in [6.45, 7) is 21.4. The van der Waals surface area contributed by atoms with Gasteiger partial charge in [0, 0.05) is 90.4 Å². The number of ether oxygens (including phenoxy) is 11. The third-order valence-corrected chi connectivity index (χ3v) is 22.0. The number of piperidine rings is 1. The molecule has 3 aromatic carbocycles. The van der Waals surface area contributed by atoms with Crippen LogP contribution in [0.4, 0.5) is 19.4 Å². The lowest BCUT2D eigenvalue weighted by Gasteiger charge is -2.42. The Labute approximate surface area is 582 Å². The van der Waals surface area contributed by atoms with Crippen molar-refractivity contribution in [2.45, 2.75) is 153 Å². The van der Waals surface area contributed by atoms with E-state index in [-0.39, 0.29) is 96.7 Å². The van der Waals surface area contributed by atoms with Gasteiger partial charge in [0.05, 0.1) is 47.0 Å². The Bertz CT molecular complexity index is 4120. The number of nitrogens with zero attached hydrogens (tertiary/aromatic N) is 10. The summed E-state index contributed by atoms with van der Waals surface area (Å²) in [4.78, 5) is 46.9. The predicted molar refractivity (Wildman–Crippen MR) is 372 cm³/mol. The summed E-state index contributed by atoms with van der Waals surface area (Å²) in [6.07, 6.45) is 13.3. The van der Waals surface area contributed by atoms with Crippen LogP contribution >= 0.6 is 11.6 Å². The summed E-state index contributed by atoms with van der Waals surface area (Å²) in [5.41, 5.74) is 2.08. The maximum atomic E-state index is 17.7. The Morgan fingerprint density at radius 1 is 0.818 bits per heavy atom. The molecule has 26 heteroatoms. The zero-order valence-corrected chi connectivity index (χ0v) is 59.3. The first-order chi connectivity index (χ1) is 47.8. The van der Waals surface area contributed by atoms with E-state index < -0.39 is 31.4 Å². The monoisotopic (exact) mass is 1400 g/mol. The number of benzene rings is 3. The number of methoxy groups -OCH3 is 1. The molecule has 7 aromatic rings. The van der Waals surface area contributed by atoms with E-state index in [0.29, 0.717) is 108 Å². The molecule has 14 rings (SSSR count). The number of likely N-dealkylation sites (tertiary alicyclic amines) is 2. The predicted octanol–water partition coefficient (Wildman–Crippen LogP) is 11.8. The Hall–Kier alpha value is -7.09. The van der Waals surface area contributed by atoms with Crippen molar-refractivity contribution >= 4 is 64.4 Å². The number of carbonyl (C=O) groups is 1. The van der Waals surface area contributed by atoms with E-state index in [0.717, 1.165) is 101 Å². The van der Waals surface area contributed by atoms with Crippen LogP contribution in [0.15, 0.2) is 60.8 Å². The topological polar surface area (TPSA) is 201 Å². The van der Waals surface area contributed by atoms with Crippen molar-refractivity contribution in [3.63, 3.8) is 0 Å². The highest BCUT2D eigenvalue weighted by Crippen LogP contribution is 2.44. The molecule has 4 aromatic heterocycles. The number of hydrogen-bond acceptors (Lipinski definition) is 20. The van der Waals surface area contributed by atoms with Crippen LogP contribution in [-0.2, 0) is 39.9 Å². The van der Waals surface area contributed by atoms with Crippen LogP contribution in [0.3, 0.4) is 0 Å². The Balaban J connectivity index is 0.624. The average Bonchev–Trinajstić information content (AvgIpc) is 1.39. The average molecular weight is 1400 g/mol. The molecule has 7 aliphatic heterocycles. The van der Waals surface area contributed by atoms with Crippen LogP contribution in [0, 0.1) is 29.4 Å². The molecular formula is C73H89ClF2N10O12Si. The molecule has 2 bridgehead atoms. The molecule has 3 unspecified atom stereocenters. The molecule has 528 valence electrons. The van der Waals surface area contributed by atoms with Gasteiger partial charge in [0.1, 0.15) is 83.7 Å². The van der Waals surface area contributed by atoms with Crippen molar-refractivity contribution in [3.05, 3.63) is 83.0 Å². The molecule has 7 fully saturated rings. The van der Waals surface area contributed by atoms with Gasteiger partial charge in [-0.25, -0.2) is 18.6 Å². The number of anilines is 1. The quantitative estimate of drug-likeness (QED) is 0.0253. The molecule has 11 heterocycles. The highest BCUT2D eigenvalue weighted by atomic mass is 35.5. The summed E-state index contributed by atoms with van der Waals surface area (Å²) in [6, 6.07) is 16.9. The van der Waals surface area contributed by atoms with Gasteiger partial charge in [0.15, 0.2) is 30.7 Å². The van der Waals surface area contributed by atoms with Crippen LogP contribution in [0.1, 0.15) is 77.7 Å². The van der Waals surface area contributed by atoms with E-state index in [1.165, 1.54) is 13.2 Å². The second-order valence-corrected chi connectivity index (χ2v) is 35.6. The van der Waals surface area contributed by atoms with Crippen molar-refractivity contribution in [2.75, 3.05) is 111 Å². The number of piperazine rings is 1. The van der Waals surface area contributed by atoms with Crippen LogP contribution in [0.2, 0.25) is 30.7 Å². The number of hydrogen-bond donors (Lipinski definition) is 0. The molecule has 99 heavy (non-hydrogen) atoms. The second-order valence-electron chi connectivity index (χ2n) is 29.6.